The van der Waals surface area contributed by atoms with E-state index in [2.05, 4.69) is 33.9 Å². The van der Waals surface area contributed by atoms with Crippen molar-refractivity contribution in [3.63, 3.8) is 0 Å². The van der Waals surface area contributed by atoms with E-state index >= 15 is 0 Å². The highest BCUT2D eigenvalue weighted by Gasteiger charge is 2.05. The van der Waals surface area contributed by atoms with Gasteiger partial charge in [-0.3, -0.25) is 0 Å². The Morgan fingerprint density at radius 3 is 1.45 bits per heavy atom. The normalized spacial score (nSPS) is 8.35. The Balaban J connectivity index is 0. The zero-order valence-corrected chi connectivity index (χ0v) is 12.1. The van der Waals surface area contributed by atoms with Crippen LogP contribution < -0.4 is 0 Å². The van der Waals surface area contributed by atoms with Gasteiger partial charge in [-0.25, -0.2) is 14.4 Å². The minimum absolute atomic E-state index is 0.0325. The first-order valence-corrected chi connectivity index (χ1v) is 5.61. The molecule has 20 heavy (non-hydrogen) atoms. The maximum atomic E-state index is 10.8. The second kappa shape index (κ2) is 11.7. The van der Waals surface area contributed by atoms with E-state index in [1.807, 2.05) is 0 Å². The summed E-state index contributed by atoms with van der Waals surface area (Å²) in [7, 11) is 1.31. The Labute approximate surface area is 118 Å². The average molecular weight is 284 g/mol. The van der Waals surface area contributed by atoms with Crippen molar-refractivity contribution in [3.05, 3.63) is 37.0 Å². The third kappa shape index (κ3) is 12.1. The highest BCUT2D eigenvalue weighted by molar-refractivity contribution is 5.87. The maximum Gasteiger partial charge on any atom is 0.333 e. The molecule has 0 atom stereocenters. The van der Waals surface area contributed by atoms with Gasteiger partial charge in [0.1, 0.15) is 13.2 Å². The van der Waals surface area contributed by atoms with E-state index in [-0.39, 0.29) is 13.2 Å². The molecule has 0 fully saturated rings. The molecule has 0 saturated heterocycles. The van der Waals surface area contributed by atoms with Crippen LogP contribution >= 0.6 is 0 Å². The molecule has 0 N–H and O–H groups in total. The van der Waals surface area contributed by atoms with Crippen LogP contribution in [0.25, 0.3) is 0 Å². The van der Waals surface area contributed by atoms with Crippen LogP contribution in [-0.4, -0.2) is 38.2 Å². The van der Waals surface area contributed by atoms with Gasteiger partial charge < -0.3 is 14.2 Å². The Bertz CT molecular complexity index is 366. The van der Waals surface area contributed by atoms with E-state index in [4.69, 9.17) is 0 Å². The van der Waals surface area contributed by atoms with Crippen LogP contribution in [0.3, 0.4) is 0 Å². The molecule has 0 radical (unpaired) electrons. The number of hydrogen-bond acceptors (Lipinski definition) is 6. The summed E-state index contributed by atoms with van der Waals surface area (Å²) < 4.78 is 13.5. The topological polar surface area (TPSA) is 78.9 Å². The first-order chi connectivity index (χ1) is 9.26. The predicted octanol–water partition coefficient (Wildman–Crippen LogP) is 1.57. The van der Waals surface area contributed by atoms with Crippen molar-refractivity contribution in [2.75, 3.05) is 20.3 Å². The second-order valence-corrected chi connectivity index (χ2v) is 3.56. The lowest BCUT2D eigenvalue weighted by atomic mass is 10.4. The molecule has 0 rings (SSSR count). The van der Waals surface area contributed by atoms with E-state index in [1.54, 1.807) is 13.8 Å². The molecule has 0 spiro atoms. The van der Waals surface area contributed by atoms with Crippen molar-refractivity contribution >= 4 is 17.9 Å². The van der Waals surface area contributed by atoms with Crippen LogP contribution in [-0.2, 0) is 28.6 Å². The molecule has 0 bridgehead atoms. The summed E-state index contributed by atoms with van der Waals surface area (Å²) in [4.78, 5) is 31.5. The van der Waals surface area contributed by atoms with Gasteiger partial charge in [0.2, 0.25) is 0 Å². The molecule has 6 nitrogen and oxygen atoms in total. The van der Waals surface area contributed by atoms with Gasteiger partial charge in [0.15, 0.2) is 0 Å². The molecule has 0 aliphatic heterocycles. The van der Waals surface area contributed by atoms with E-state index in [0.29, 0.717) is 11.1 Å². The second-order valence-electron chi connectivity index (χ2n) is 3.56. The third-order valence-electron chi connectivity index (χ3n) is 1.61. The SMILES string of the molecule is C=C(C)C(=O)OCCOC(=O)C(=C)C.C=CC(=O)OC. The van der Waals surface area contributed by atoms with Gasteiger partial charge in [-0.1, -0.05) is 19.7 Å². The van der Waals surface area contributed by atoms with Gasteiger partial charge in [0, 0.05) is 17.2 Å². The zero-order chi connectivity index (χ0) is 16.1. The van der Waals surface area contributed by atoms with Crippen LogP contribution in [0.2, 0.25) is 0 Å². The quantitative estimate of drug-likeness (QED) is 0.319. The molecular formula is C14H20O6. The first kappa shape index (κ1) is 20.0. The summed E-state index contributed by atoms with van der Waals surface area (Å²) in [5.41, 5.74) is 0.632. The third-order valence-corrected chi connectivity index (χ3v) is 1.61. The smallest absolute Gasteiger partial charge is 0.333 e. The molecule has 112 valence electrons. The number of hydrogen-bond donors (Lipinski definition) is 0. The number of methoxy groups -OCH3 is 1. The lowest BCUT2D eigenvalue weighted by Gasteiger charge is -2.05. The minimum atomic E-state index is -0.489. The molecule has 0 aliphatic rings. The Hall–Kier alpha value is -2.37. The van der Waals surface area contributed by atoms with Crippen LogP contribution in [0, 0.1) is 0 Å². The molecule has 0 aromatic rings. The van der Waals surface area contributed by atoms with Crippen molar-refractivity contribution in [1.82, 2.24) is 0 Å². The molecule has 0 aromatic carbocycles. The predicted molar refractivity (Wildman–Crippen MR) is 73.8 cm³/mol. The summed E-state index contributed by atoms with van der Waals surface area (Å²) in [6, 6.07) is 0. The molecule has 0 heterocycles. The summed E-state index contributed by atoms with van der Waals surface area (Å²) >= 11 is 0. The Kier molecular flexibility index (Phi) is 11.7. The molecule has 6 heteroatoms. The monoisotopic (exact) mass is 284 g/mol. The molecule has 0 saturated carbocycles. The van der Waals surface area contributed by atoms with Gasteiger partial charge >= 0.3 is 17.9 Å². The van der Waals surface area contributed by atoms with E-state index < -0.39 is 17.9 Å². The molecule has 0 aliphatic carbocycles. The highest BCUT2D eigenvalue weighted by Crippen LogP contribution is 1.94. The fourth-order valence-electron chi connectivity index (χ4n) is 0.598. The van der Waals surface area contributed by atoms with Crippen LogP contribution in [0.1, 0.15) is 13.8 Å². The summed E-state index contributed by atoms with van der Waals surface area (Å²) in [6.07, 6.45) is 1.11. The summed E-state index contributed by atoms with van der Waals surface area (Å²) in [5, 5.41) is 0. The molecule has 0 amide bonds. The van der Waals surface area contributed by atoms with Gasteiger partial charge in [-0.15, -0.1) is 0 Å². The number of ether oxygens (including phenoxy) is 3. The van der Waals surface area contributed by atoms with Crippen molar-refractivity contribution < 1.29 is 28.6 Å². The van der Waals surface area contributed by atoms with Gasteiger partial charge in [-0.2, -0.15) is 0 Å². The number of carbonyl (C=O) groups is 3. The van der Waals surface area contributed by atoms with Crippen molar-refractivity contribution in [2.45, 2.75) is 13.8 Å². The Morgan fingerprint density at radius 1 is 0.950 bits per heavy atom. The minimum Gasteiger partial charge on any atom is -0.466 e. The molecule has 0 unspecified atom stereocenters. The molecular weight excluding hydrogens is 264 g/mol. The number of esters is 3. The van der Waals surface area contributed by atoms with E-state index in [9.17, 15) is 14.4 Å². The fourth-order valence-corrected chi connectivity index (χ4v) is 0.598. The van der Waals surface area contributed by atoms with E-state index in [0.717, 1.165) is 6.08 Å². The van der Waals surface area contributed by atoms with E-state index in [1.165, 1.54) is 7.11 Å². The van der Waals surface area contributed by atoms with Gasteiger partial charge in [0.25, 0.3) is 0 Å². The van der Waals surface area contributed by atoms with Crippen LogP contribution in [0.5, 0.6) is 0 Å². The zero-order valence-electron chi connectivity index (χ0n) is 12.1. The Morgan fingerprint density at radius 2 is 1.30 bits per heavy atom. The number of rotatable bonds is 6. The van der Waals surface area contributed by atoms with Crippen molar-refractivity contribution in [1.29, 1.82) is 0 Å². The standard InChI is InChI=1S/C10H14O4.C4H6O2/c1-7(2)9(11)13-5-6-14-10(12)8(3)4;1-3-4(5)6-2/h1,3,5-6H2,2,4H3;3H,1H2,2H3. The lowest BCUT2D eigenvalue weighted by molar-refractivity contribution is -0.147. The van der Waals surface area contributed by atoms with Crippen LogP contribution in [0.4, 0.5) is 0 Å². The fraction of sp³-hybridized carbons (Fsp3) is 0.357. The average Bonchev–Trinajstić information content (AvgIpc) is 2.42. The number of carbonyl (C=O) groups excluding carboxylic acids is 3. The van der Waals surface area contributed by atoms with Gasteiger partial charge in [0.05, 0.1) is 7.11 Å². The first-order valence-electron chi connectivity index (χ1n) is 5.61. The highest BCUT2D eigenvalue weighted by atomic mass is 16.6. The summed E-state index contributed by atoms with van der Waals surface area (Å²) in [5.74, 6) is -1.37. The molecule has 0 aromatic heterocycles. The van der Waals surface area contributed by atoms with Crippen LogP contribution in [0.15, 0.2) is 37.0 Å². The largest absolute Gasteiger partial charge is 0.466 e. The lowest BCUT2D eigenvalue weighted by Crippen LogP contribution is -2.14. The van der Waals surface area contributed by atoms with Crippen molar-refractivity contribution in [3.8, 4) is 0 Å². The summed E-state index contributed by atoms with van der Waals surface area (Å²) in [6.45, 7) is 13.1. The van der Waals surface area contributed by atoms with Crippen molar-refractivity contribution in [2.24, 2.45) is 0 Å². The van der Waals surface area contributed by atoms with Gasteiger partial charge in [-0.05, 0) is 13.8 Å². The maximum absolute atomic E-state index is 10.8.